The van der Waals surface area contributed by atoms with Gasteiger partial charge >= 0.3 is 0 Å². The fourth-order valence-corrected chi connectivity index (χ4v) is 3.46. The second-order valence-electron chi connectivity index (χ2n) is 5.75. The maximum atomic E-state index is 11.1. The van der Waals surface area contributed by atoms with Crippen LogP contribution in [0.1, 0.15) is 35.4 Å². The molecule has 3 rings (SSSR count). The van der Waals surface area contributed by atoms with E-state index in [0.717, 1.165) is 24.0 Å². The van der Waals surface area contributed by atoms with Crippen LogP contribution in [0.5, 0.6) is 5.75 Å². The molecule has 1 unspecified atom stereocenters. The molecule has 0 aromatic heterocycles. The number of rotatable bonds is 5. The van der Waals surface area contributed by atoms with E-state index in [2.05, 4.69) is 18.2 Å². The van der Waals surface area contributed by atoms with Crippen LogP contribution >= 0.6 is 0 Å². The van der Waals surface area contributed by atoms with Crippen molar-refractivity contribution in [3.63, 3.8) is 0 Å². The van der Waals surface area contributed by atoms with Gasteiger partial charge in [-0.25, -0.2) is 0 Å². The Labute approximate surface area is 137 Å². The number of fused-ring (bicyclic) bond motifs is 2. The van der Waals surface area contributed by atoms with Crippen LogP contribution in [0.15, 0.2) is 48.5 Å². The topological polar surface area (TPSA) is 52.6 Å². The normalized spacial score (nSPS) is 16.8. The molecule has 0 spiro atoms. The lowest BCUT2D eigenvalue weighted by molar-refractivity contribution is 0.304. The second kappa shape index (κ2) is 6.72. The zero-order chi connectivity index (χ0) is 16.3. The fraction of sp³-hybridized carbons (Fsp3) is 0.333. The molecule has 122 valence electrons. The molecule has 1 atom stereocenters. The SMILES string of the molecule is CS(=O)(=O)OCCCC1c2ccccc2COc2ccccc21. The number of para-hydroxylation sites is 1. The molecule has 0 N–H and O–H groups in total. The molecule has 23 heavy (non-hydrogen) atoms. The van der Waals surface area contributed by atoms with Crippen LogP contribution in [-0.4, -0.2) is 21.3 Å². The van der Waals surface area contributed by atoms with Crippen LogP contribution in [0, 0.1) is 0 Å². The average molecular weight is 332 g/mol. The lowest BCUT2D eigenvalue weighted by Gasteiger charge is -2.18. The predicted octanol–water partition coefficient (Wildman–Crippen LogP) is 3.47. The van der Waals surface area contributed by atoms with Gasteiger partial charge in [0.25, 0.3) is 10.1 Å². The molecule has 0 fully saturated rings. The first-order valence-electron chi connectivity index (χ1n) is 7.68. The maximum absolute atomic E-state index is 11.1. The minimum absolute atomic E-state index is 0.188. The van der Waals surface area contributed by atoms with E-state index in [-0.39, 0.29) is 12.5 Å². The molecular formula is C18H20O4S. The standard InChI is InChI=1S/C18H20O4S/c1-23(19,20)22-12-6-10-16-15-8-3-2-7-14(15)13-21-18-11-5-4-9-17(16)18/h2-5,7-9,11,16H,6,10,12-13H2,1H3. The van der Waals surface area contributed by atoms with Crippen molar-refractivity contribution in [1.29, 1.82) is 0 Å². The molecule has 0 bridgehead atoms. The highest BCUT2D eigenvalue weighted by atomic mass is 32.2. The lowest BCUT2D eigenvalue weighted by Crippen LogP contribution is -2.07. The summed E-state index contributed by atoms with van der Waals surface area (Å²) in [7, 11) is -3.38. The molecular weight excluding hydrogens is 312 g/mol. The molecule has 0 aliphatic carbocycles. The number of hydrogen-bond donors (Lipinski definition) is 0. The third-order valence-corrected chi connectivity index (χ3v) is 4.64. The van der Waals surface area contributed by atoms with Crippen LogP contribution in [-0.2, 0) is 20.9 Å². The Morgan fingerprint density at radius 3 is 2.57 bits per heavy atom. The summed E-state index contributed by atoms with van der Waals surface area (Å²) in [6, 6.07) is 16.3. The molecule has 0 radical (unpaired) electrons. The van der Waals surface area contributed by atoms with Crippen molar-refractivity contribution in [2.45, 2.75) is 25.4 Å². The third-order valence-electron chi connectivity index (χ3n) is 4.04. The van der Waals surface area contributed by atoms with E-state index in [0.29, 0.717) is 13.0 Å². The van der Waals surface area contributed by atoms with Gasteiger partial charge in [0.1, 0.15) is 12.4 Å². The summed E-state index contributed by atoms with van der Waals surface area (Å²) in [4.78, 5) is 0. The summed E-state index contributed by atoms with van der Waals surface area (Å²) >= 11 is 0. The van der Waals surface area contributed by atoms with Gasteiger partial charge in [0.15, 0.2) is 0 Å². The van der Waals surface area contributed by atoms with Crippen LogP contribution in [0.2, 0.25) is 0 Å². The molecule has 1 heterocycles. The van der Waals surface area contributed by atoms with E-state index >= 15 is 0 Å². The predicted molar refractivity (Wildman–Crippen MR) is 89.1 cm³/mol. The van der Waals surface area contributed by atoms with Gasteiger partial charge in [-0.15, -0.1) is 0 Å². The summed E-state index contributed by atoms with van der Waals surface area (Å²) in [5, 5.41) is 0. The van der Waals surface area contributed by atoms with Crippen LogP contribution in [0.3, 0.4) is 0 Å². The molecule has 0 saturated heterocycles. The third kappa shape index (κ3) is 3.92. The minimum Gasteiger partial charge on any atom is -0.489 e. The highest BCUT2D eigenvalue weighted by Crippen LogP contribution is 2.39. The summed E-state index contributed by atoms with van der Waals surface area (Å²) in [5.74, 6) is 1.09. The molecule has 4 nitrogen and oxygen atoms in total. The maximum Gasteiger partial charge on any atom is 0.264 e. The first-order valence-corrected chi connectivity index (χ1v) is 9.50. The van der Waals surface area contributed by atoms with Gasteiger partial charge in [0.05, 0.1) is 12.9 Å². The van der Waals surface area contributed by atoms with E-state index in [1.165, 1.54) is 11.1 Å². The molecule has 5 heteroatoms. The smallest absolute Gasteiger partial charge is 0.264 e. The second-order valence-corrected chi connectivity index (χ2v) is 7.39. The number of hydrogen-bond acceptors (Lipinski definition) is 4. The summed E-state index contributed by atoms with van der Waals surface area (Å²) in [6.07, 6.45) is 2.56. The Kier molecular flexibility index (Phi) is 4.68. The van der Waals surface area contributed by atoms with Gasteiger partial charge < -0.3 is 4.74 Å². The Balaban J connectivity index is 1.85. The van der Waals surface area contributed by atoms with Crippen LogP contribution < -0.4 is 4.74 Å². The van der Waals surface area contributed by atoms with E-state index in [4.69, 9.17) is 8.92 Å². The molecule has 0 amide bonds. The Morgan fingerprint density at radius 2 is 1.78 bits per heavy atom. The van der Waals surface area contributed by atoms with Crippen molar-refractivity contribution in [1.82, 2.24) is 0 Å². The van der Waals surface area contributed by atoms with Crippen molar-refractivity contribution < 1.29 is 17.3 Å². The summed E-state index contributed by atoms with van der Waals surface area (Å²) < 4.78 is 33.0. The van der Waals surface area contributed by atoms with Crippen molar-refractivity contribution in [3.8, 4) is 5.75 Å². The van der Waals surface area contributed by atoms with E-state index < -0.39 is 10.1 Å². The lowest BCUT2D eigenvalue weighted by atomic mass is 9.85. The molecule has 1 aliphatic heterocycles. The zero-order valence-electron chi connectivity index (χ0n) is 13.1. The van der Waals surface area contributed by atoms with Gasteiger partial charge in [0, 0.05) is 11.5 Å². The van der Waals surface area contributed by atoms with Crippen molar-refractivity contribution >= 4 is 10.1 Å². The van der Waals surface area contributed by atoms with Crippen molar-refractivity contribution in [2.75, 3.05) is 12.9 Å². The zero-order valence-corrected chi connectivity index (χ0v) is 13.9. The van der Waals surface area contributed by atoms with Gasteiger partial charge in [-0.2, -0.15) is 8.42 Å². The van der Waals surface area contributed by atoms with Crippen LogP contribution in [0.4, 0.5) is 0 Å². The molecule has 2 aromatic rings. The monoisotopic (exact) mass is 332 g/mol. The Hall–Kier alpha value is -1.85. The van der Waals surface area contributed by atoms with Crippen molar-refractivity contribution in [3.05, 3.63) is 65.2 Å². The summed E-state index contributed by atoms with van der Waals surface area (Å²) in [6.45, 7) is 0.768. The first kappa shape index (κ1) is 16.0. The van der Waals surface area contributed by atoms with Gasteiger partial charge in [-0.05, 0) is 30.0 Å². The Morgan fingerprint density at radius 1 is 1.09 bits per heavy atom. The molecule has 0 saturated carbocycles. The minimum atomic E-state index is -3.38. The first-order chi connectivity index (χ1) is 11.0. The average Bonchev–Trinajstić information content (AvgIpc) is 2.68. The quantitative estimate of drug-likeness (QED) is 0.621. The van der Waals surface area contributed by atoms with Crippen LogP contribution in [0.25, 0.3) is 0 Å². The number of benzene rings is 2. The Bertz CT molecular complexity index is 736. The van der Waals surface area contributed by atoms with E-state index in [9.17, 15) is 8.42 Å². The van der Waals surface area contributed by atoms with Crippen molar-refractivity contribution in [2.24, 2.45) is 0 Å². The summed E-state index contributed by atoms with van der Waals surface area (Å²) in [5.41, 5.74) is 3.58. The van der Waals surface area contributed by atoms with E-state index in [1.807, 2.05) is 30.3 Å². The van der Waals surface area contributed by atoms with Gasteiger partial charge in [-0.1, -0.05) is 42.5 Å². The fourth-order valence-electron chi connectivity index (χ4n) is 3.04. The number of ether oxygens (including phenoxy) is 1. The highest BCUT2D eigenvalue weighted by Gasteiger charge is 2.23. The van der Waals surface area contributed by atoms with Gasteiger partial charge in [-0.3, -0.25) is 4.18 Å². The molecule has 1 aliphatic rings. The highest BCUT2D eigenvalue weighted by molar-refractivity contribution is 7.85. The van der Waals surface area contributed by atoms with Gasteiger partial charge in [0.2, 0.25) is 0 Å². The largest absolute Gasteiger partial charge is 0.489 e. The van der Waals surface area contributed by atoms with E-state index in [1.54, 1.807) is 0 Å². The molecule has 2 aromatic carbocycles.